The maximum Gasteiger partial charge on any atom is 0.120 e. The van der Waals surface area contributed by atoms with E-state index in [-0.39, 0.29) is 6.04 Å². The van der Waals surface area contributed by atoms with E-state index in [1.165, 1.54) is 0 Å². The van der Waals surface area contributed by atoms with Crippen LogP contribution in [0.5, 0.6) is 11.5 Å². The Bertz CT molecular complexity index is 586. The van der Waals surface area contributed by atoms with Gasteiger partial charge in [0.2, 0.25) is 0 Å². The van der Waals surface area contributed by atoms with E-state index < -0.39 is 0 Å². The SMILES string of the molecule is COc1ccc(C(N)COc2cccc(Cl)c2)c(C)c1. The molecule has 0 heterocycles. The lowest BCUT2D eigenvalue weighted by Crippen LogP contribution is -2.20. The number of methoxy groups -OCH3 is 1. The molecule has 0 saturated heterocycles. The van der Waals surface area contributed by atoms with Crippen molar-refractivity contribution in [1.29, 1.82) is 0 Å². The van der Waals surface area contributed by atoms with Crippen LogP contribution in [0.25, 0.3) is 0 Å². The molecule has 0 saturated carbocycles. The van der Waals surface area contributed by atoms with E-state index in [2.05, 4.69) is 0 Å². The third-order valence-corrected chi connectivity index (χ3v) is 3.34. The van der Waals surface area contributed by atoms with Crippen molar-refractivity contribution < 1.29 is 9.47 Å². The van der Waals surface area contributed by atoms with Crippen molar-refractivity contribution in [2.24, 2.45) is 5.73 Å². The summed E-state index contributed by atoms with van der Waals surface area (Å²) in [4.78, 5) is 0. The van der Waals surface area contributed by atoms with Crippen molar-refractivity contribution in [3.8, 4) is 11.5 Å². The lowest BCUT2D eigenvalue weighted by atomic mass is 10.0. The molecule has 0 radical (unpaired) electrons. The maximum absolute atomic E-state index is 6.17. The first-order valence-corrected chi connectivity index (χ1v) is 6.76. The van der Waals surface area contributed by atoms with Crippen LogP contribution in [0, 0.1) is 6.92 Å². The van der Waals surface area contributed by atoms with Gasteiger partial charge in [-0.1, -0.05) is 23.7 Å². The van der Waals surface area contributed by atoms with Crippen LogP contribution in [0.1, 0.15) is 17.2 Å². The smallest absolute Gasteiger partial charge is 0.120 e. The second-order valence-electron chi connectivity index (χ2n) is 4.60. The molecule has 0 spiro atoms. The van der Waals surface area contributed by atoms with Gasteiger partial charge in [0.05, 0.1) is 13.2 Å². The summed E-state index contributed by atoms with van der Waals surface area (Å²) in [6.07, 6.45) is 0. The highest BCUT2D eigenvalue weighted by atomic mass is 35.5. The zero-order valence-electron chi connectivity index (χ0n) is 11.6. The first-order chi connectivity index (χ1) is 9.60. The zero-order chi connectivity index (χ0) is 14.5. The van der Waals surface area contributed by atoms with Gasteiger partial charge in [-0.15, -0.1) is 0 Å². The number of nitrogens with two attached hydrogens (primary N) is 1. The molecule has 2 aromatic rings. The summed E-state index contributed by atoms with van der Waals surface area (Å²) in [5.74, 6) is 1.55. The van der Waals surface area contributed by atoms with E-state index in [0.29, 0.717) is 11.6 Å². The van der Waals surface area contributed by atoms with Crippen molar-refractivity contribution >= 4 is 11.6 Å². The van der Waals surface area contributed by atoms with Gasteiger partial charge in [-0.3, -0.25) is 0 Å². The lowest BCUT2D eigenvalue weighted by Gasteiger charge is -2.16. The second kappa shape index (κ2) is 6.64. The minimum absolute atomic E-state index is 0.195. The van der Waals surface area contributed by atoms with Crippen molar-refractivity contribution in [1.82, 2.24) is 0 Å². The van der Waals surface area contributed by atoms with Crippen molar-refractivity contribution in [2.75, 3.05) is 13.7 Å². The van der Waals surface area contributed by atoms with Crippen LogP contribution >= 0.6 is 11.6 Å². The molecule has 20 heavy (non-hydrogen) atoms. The van der Waals surface area contributed by atoms with Gasteiger partial charge >= 0.3 is 0 Å². The van der Waals surface area contributed by atoms with Crippen molar-refractivity contribution in [3.63, 3.8) is 0 Å². The first-order valence-electron chi connectivity index (χ1n) is 6.38. The van der Waals surface area contributed by atoms with Crippen LogP contribution in [-0.4, -0.2) is 13.7 Å². The Morgan fingerprint density at radius 1 is 1.15 bits per heavy atom. The number of rotatable bonds is 5. The molecule has 0 aromatic heterocycles. The third kappa shape index (κ3) is 3.65. The summed E-state index contributed by atoms with van der Waals surface area (Å²) in [6, 6.07) is 12.9. The van der Waals surface area contributed by atoms with Crippen molar-refractivity contribution in [3.05, 3.63) is 58.6 Å². The van der Waals surface area contributed by atoms with E-state index in [0.717, 1.165) is 22.6 Å². The van der Waals surface area contributed by atoms with Crippen LogP contribution < -0.4 is 15.2 Å². The molecule has 1 atom stereocenters. The first kappa shape index (κ1) is 14.7. The highest BCUT2D eigenvalue weighted by Gasteiger charge is 2.10. The Labute approximate surface area is 124 Å². The molecule has 0 aliphatic rings. The van der Waals surface area contributed by atoms with Gasteiger partial charge in [0.15, 0.2) is 0 Å². The van der Waals surface area contributed by atoms with Gasteiger partial charge < -0.3 is 15.2 Å². The highest BCUT2D eigenvalue weighted by Crippen LogP contribution is 2.23. The van der Waals surface area contributed by atoms with Crippen LogP contribution in [0.4, 0.5) is 0 Å². The Morgan fingerprint density at radius 2 is 1.95 bits per heavy atom. The number of halogens is 1. The van der Waals surface area contributed by atoms with Gasteiger partial charge in [0.25, 0.3) is 0 Å². The van der Waals surface area contributed by atoms with E-state index in [1.807, 2.05) is 43.3 Å². The highest BCUT2D eigenvalue weighted by molar-refractivity contribution is 6.30. The summed E-state index contributed by atoms with van der Waals surface area (Å²) >= 11 is 5.91. The number of ether oxygens (including phenoxy) is 2. The zero-order valence-corrected chi connectivity index (χ0v) is 12.4. The Balaban J connectivity index is 2.03. The molecule has 2 aromatic carbocycles. The molecule has 2 rings (SSSR count). The number of hydrogen-bond donors (Lipinski definition) is 1. The van der Waals surface area contributed by atoms with E-state index in [4.69, 9.17) is 26.8 Å². The normalized spacial score (nSPS) is 12.0. The molecule has 1 unspecified atom stereocenters. The van der Waals surface area contributed by atoms with Crippen molar-refractivity contribution in [2.45, 2.75) is 13.0 Å². The largest absolute Gasteiger partial charge is 0.497 e. The topological polar surface area (TPSA) is 44.5 Å². The number of hydrogen-bond acceptors (Lipinski definition) is 3. The van der Waals surface area contributed by atoms with Crippen LogP contribution in [0.2, 0.25) is 5.02 Å². The van der Waals surface area contributed by atoms with E-state index in [9.17, 15) is 0 Å². The summed E-state index contributed by atoms with van der Waals surface area (Å²) in [6.45, 7) is 2.41. The second-order valence-corrected chi connectivity index (χ2v) is 5.03. The predicted molar refractivity (Wildman–Crippen MR) is 81.6 cm³/mol. The Hall–Kier alpha value is -1.71. The Kier molecular flexibility index (Phi) is 4.88. The fourth-order valence-corrected chi connectivity index (χ4v) is 2.20. The molecule has 3 nitrogen and oxygen atoms in total. The molecule has 4 heteroatoms. The molecule has 0 fully saturated rings. The molecular formula is C16H18ClNO2. The van der Waals surface area contributed by atoms with Crippen LogP contribution in [-0.2, 0) is 0 Å². The summed E-state index contributed by atoms with van der Waals surface area (Å²) in [5, 5.41) is 0.650. The summed E-state index contributed by atoms with van der Waals surface area (Å²) < 4.78 is 10.9. The molecule has 2 N–H and O–H groups in total. The molecule has 0 bridgehead atoms. The number of benzene rings is 2. The number of aryl methyl sites for hydroxylation is 1. The fourth-order valence-electron chi connectivity index (χ4n) is 2.02. The van der Waals surface area contributed by atoms with Gasteiger partial charge in [0, 0.05) is 5.02 Å². The van der Waals surface area contributed by atoms with Gasteiger partial charge in [-0.05, 0) is 48.4 Å². The molecule has 0 aliphatic carbocycles. The fraction of sp³-hybridized carbons (Fsp3) is 0.250. The summed E-state index contributed by atoms with van der Waals surface area (Å²) in [5.41, 5.74) is 8.31. The van der Waals surface area contributed by atoms with Gasteiger partial charge in [-0.25, -0.2) is 0 Å². The quantitative estimate of drug-likeness (QED) is 0.913. The predicted octanol–water partition coefficient (Wildman–Crippen LogP) is 3.74. The standard InChI is InChI=1S/C16H18ClNO2/c1-11-8-13(19-2)6-7-15(11)16(18)10-20-14-5-3-4-12(17)9-14/h3-9,16H,10,18H2,1-2H3. The van der Waals surface area contributed by atoms with E-state index >= 15 is 0 Å². The average Bonchev–Trinajstić information content (AvgIpc) is 2.44. The Morgan fingerprint density at radius 3 is 2.60 bits per heavy atom. The third-order valence-electron chi connectivity index (χ3n) is 3.10. The molecule has 0 aliphatic heterocycles. The molecule has 106 valence electrons. The van der Waals surface area contributed by atoms with Gasteiger partial charge in [-0.2, -0.15) is 0 Å². The van der Waals surface area contributed by atoms with E-state index in [1.54, 1.807) is 13.2 Å². The van der Waals surface area contributed by atoms with Crippen LogP contribution in [0.15, 0.2) is 42.5 Å². The minimum Gasteiger partial charge on any atom is -0.497 e. The monoisotopic (exact) mass is 291 g/mol. The minimum atomic E-state index is -0.195. The lowest BCUT2D eigenvalue weighted by molar-refractivity contribution is 0.290. The average molecular weight is 292 g/mol. The van der Waals surface area contributed by atoms with Crippen LogP contribution in [0.3, 0.4) is 0 Å². The maximum atomic E-state index is 6.17. The molecule has 0 amide bonds. The summed E-state index contributed by atoms with van der Waals surface area (Å²) in [7, 11) is 1.65. The molecular weight excluding hydrogens is 274 g/mol. The van der Waals surface area contributed by atoms with Gasteiger partial charge in [0.1, 0.15) is 18.1 Å².